The van der Waals surface area contributed by atoms with E-state index in [9.17, 15) is 13.2 Å². The first-order valence-corrected chi connectivity index (χ1v) is 11.2. The van der Waals surface area contributed by atoms with Crippen molar-refractivity contribution in [3.63, 3.8) is 0 Å². The molecule has 2 aromatic carbocycles. The SMILES string of the molecule is O=C(Nc1cccc(Cl)c1)C1CCN(S(=O)(=O)c2ccc3c(c2)OCCO3)CC1. The Morgan fingerprint density at radius 2 is 1.76 bits per heavy atom. The van der Waals surface area contributed by atoms with Gasteiger partial charge in [0, 0.05) is 35.8 Å². The molecule has 1 amide bonds. The third kappa shape index (κ3) is 4.34. The molecule has 29 heavy (non-hydrogen) atoms. The van der Waals surface area contributed by atoms with E-state index in [4.69, 9.17) is 21.1 Å². The van der Waals surface area contributed by atoms with Gasteiger partial charge in [-0.15, -0.1) is 0 Å². The Morgan fingerprint density at radius 3 is 2.48 bits per heavy atom. The van der Waals surface area contributed by atoms with Crippen LogP contribution < -0.4 is 14.8 Å². The third-order valence-corrected chi connectivity index (χ3v) is 7.20. The number of sulfonamides is 1. The first-order valence-electron chi connectivity index (χ1n) is 9.40. The zero-order chi connectivity index (χ0) is 20.4. The monoisotopic (exact) mass is 436 g/mol. The largest absolute Gasteiger partial charge is 0.486 e. The van der Waals surface area contributed by atoms with Crippen LogP contribution in [0.2, 0.25) is 5.02 Å². The van der Waals surface area contributed by atoms with E-state index in [2.05, 4.69) is 5.32 Å². The lowest BCUT2D eigenvalue weighted by molar-refractivity contribution is -0.120. The van der Waals surface area contributed by atoms with E-state index < -0.39 is 10.0 Å². The Balaban J connectivity index is 1.40. The fourth-order valence-corrected chi connectivity index (χ4v) is 5.18. The summed E-state index contributed by atoms with van der Waals surface area (Å²) in [5.74, 6) is 0.615. The Bertz CT molecular complexity index is 1020. The molecule has 2 aliphatic rings. The Hall–Kier alpha value is -2.29. The van der Waals surface area contributed by atoms with E-state index in [0.717, 1.165) is 0 Å². The molecular weight excluding hydrogens is 416 g/mol. The van der Waals surface area contributed by atoms with Gasteiger partial charge >= 0.3 is 0 Å². The van der Waals surface area contributed by atoms with Gasteiger partial charge in [-0.2, -0.15) is 4.31 Å². The summed E-state index contributed by atoms with van der Waals surface area (Å²) in [5.41, 5.74) is 0.633. The summed E-state index contributed by atoms with van der Waals surface area (Å²) in [6, 6.07) is 11.6. The van der Waals surface area contributed by atoms with Gasteiger partial charge in [0.25, 0.3) is 0 Å². The minimum atomic E-state index is -3.66. The molecule has 1 saturated heterocycles. The number of amides is 1. The van der Waals surface area contributed by atoms with Gasteiger partial charge in [0.1, 0.15) is 13.2 Å². The lowest BCUT2D eigenvalue weighted by atomic mass is 9.97. The number of carbonyl (C=O) groups is 1. The van der Waals surface area contributed by atoms with Crippen molar-refractivity contribution in [3.05, 3.63) is 47.5 Å². The Labute approximate surface area is 174 Å². The van der Waals surface area contributed by atoms with Crippen LogP contribution in [0, 0.1) is 5.92 Å². The second-order valence-corrected chi connectivity index (χ2v) is 9.36. The molecule has 0 atom stereocenters. The maximum absolute atomic E-state index is 13.0. The second kappa shape index (κ2) is 8.22. The lowest BCUT2D eigenvalue weighted by Crippen LogP contribution is -2.41. The quantitative estimate of drug-likeness (QED) is 0.795. The molecule has 4 rings (SSSR count). The number of halogens is 1. The minimum Gasteiger partial charge on any atom is -0.486 e. The van der Waals surface area contributed by atoms with E-state index in [-0.39, 0.29) is 29.8 Å². The van der Waals surface area contributed by atoms with Gasteiger partial charge < -0.3 is 14.8 Å². The van der Waals surface area contributed by atoms with Gasteiger partial charge in [-0.1, -0.05) is 17.7 Å². The van der Waals surface area contributed by atoms with E-state index >= 15 is 0 Å². The zero-order valence-corrected chi connectivity index (χ0v) is 17.2. The summed E-state index contributed by atoms with van der Waals surface area (Å²) in [4.78, 5) is 12.7. The molecule has 0 spiro atoms. The van der Waals surface area contributed by atoms with Crippen LogP contribution in [0.5, 0.6) is 11.5 Å². The zero-order valence-electron chi connectivity index (χ0n) is 15.6. The first-order chi connectivity index (χ1) is 13.9. The lowest BCUT2D eigenvalue weighted by Gasteiger charge is -2.30. The van der Waals surface area contributed by atoms with Crippen molar-refractivity contribution in [2.24, 2.45) is 5.92 Å². The normalized spacial score (nSPS) is 17.7. The number of nitrogens with one attached hydrogen (secondary N) is 1. The van der Waals surface area contributed by atoms with Crippen molar-refractivity contribution in [3.8, 4) is 11.5 Å². The van der Waals surface area contributed by atoms with Crippen molar-refractivity contribution in [2.45, 2.75) is 17.7 Å². The van der Waals surface area contributed by atoms with Crippen LogP contribution in [0.4, 0.5) is 5.69 Å². The number of anilines is 1. The summed E-state index contributed by atoms with van der Waals surface area (Å²) in [5, 5.41) is 3.39. The van der Waals surface area contributed by atoms with Gasteiger partial charge in [0.05, 0.1) is 4.90 Å². The number of rotatable bonds is 4. The van der Waals surface area contributed by atoms with Gasteiger partial charge in [0.2, 0.25) is 15.9 Å². The molecule has 9 heteroatoms. The third-order valence-electron chi connectivity index (χ3n) is 5.07. The number of carbonyl (C=O) groups excluding carboxylic acids is 1. The number of fused-ring (bicyclic) bond motifs is 1. The summed E-state index contributed by atoms with van der Waals surface area (Å²) < 4.78 is 38.3. The molecule has 2 aliphatic heterocycles. The predicted molar refractivity (Wildman–Crippen MR) is 109 cm³/mol. The standard InChI is InChI=1S/C20H21ClN2O5S/c21-15-2-1-3-16(12-15)22-20(24)14-6-8-23(9-7-14)29(25,26)17-4-5-18-19(13-17)28-11-10-27-18/h1-5,12-14H,6-11H2,(H,22,24). The smallest absolute Gasteiger partial charge is 0.243 e. The highest BCUT2D eigenvalue weighted by Gasteiger charge is 2.33. The molecule has 7 nitrogen and oxygen atoms in total. The number of nitrogens with zero attached hydrogens (tertiary/aromatic N) is 1. The predicted octanol–water partition coefficient (Wildman–Crippen LogP) is 3.15. The van der Waals surface area contributed by atoms with Crippen LogP contribution in [-0.4, -0.2) is 44.9 Å². The summed E-state index contributed by atoms with van der Waals surface area (Å²) in [6.07, 6.45) is 0.909. The molecule has 1 fully saturated rings. The highest BCUT2D eigenvalue weighted by molar-refractivity contribution is 7.89. The number of hydrogen-bond donors (Lipinski definition) is 1. The van der Waals surface area contributed by atoms with E-state index in [1.807, 2.05) is 0 Å². The molecule has 154 valence electrons. The van der Waals surface area contributed by atoms with Gasteiger partial charge in [-0.05, 0) is 43.2 Å². The molecule has 2 aromatic rings. The average Bonchev–Trinajstić information content (AvgIpc) is 2.73. The van der Waals surface area contributed by atoms with Crippen LogP contribution in [0.3, 0.4) is 0 Å². The van der Waals surface area contributed by atoms with Crippen molar-refractivity contribution in [2.75, 3.05) is 31.6 Å². The van der Waals surface area contributed by atoms with E-state index in [1.165, 1.54) is 16.4 Å². The molecular formula is C20H21ClN2O5S. The molecule has 0 unspecified atom stereocenters. The molecule has 0 saturated carbocycles. The fourth-order valence-electron chi connectivity index (χ4n) is 3.50. The molecule has 0 aromatic heterocycles. The van der Waals surface area contributed by atoms with Crippen LogP contribution in [0.1, 0.15) is 12.8 Å². The van der Waals surface area contributed by atoms with Gasteiger partial charge in [0.15, 0.2) is 11.5 Å². The summed E-state index contributed by atoms with van der Waals surface area (Å²) >= 11 is 5.94. The average molecular weight is 437 g/mol. The molecule has 2 heterocycles. The van der Waals surface area contributed by atoms with Crippen LogP contribution >= 0.6 is 11.6 Å². The fraction of sp³-hybridized carbons (Fsp3) is 0.350. The van der Waals surface area contributed by atoms with Gasteiger partial charge in [-0.3, -0.25) is 4.79 Å². The molecule has 0 radical (unpaired) electrons. The van der Waals surface area contributed by atoms with E-state index in [0.29, 0.717) is 48.3 Å². The van der Waals surface area contributed by atoms with Crippen molar-refractivity contribution in [1.82, 2.24) is 4.31 Å². The van der Waals surface area contributed by atoms with Crippen molar-refractivity contribution < 1.29 is 22.7 Å². The maximum atomic E-state index is 13.0. The summed E-state index contributed by atoms with van der Waals surface area (Å²) in [7, 11) is -3.66. The van der Waals surface area contributed by atoms with Crippen LogP contribution in [-0.2, 0) is 14.8 Å². The summed E-state index contributed by atoms with van der Waals surface area (Å²) in [6.45, 7) is 1.41. The number of benzene rings is 2. The minimum absolute atomic E-state index is 0.122. The number of ether oxygens (including phenoxy) is 2. The molecule has 0 aliphatic carbocycles. The Morgan fingerprint density at radius 1 is 1.03 bits per heavy atom. The van der Waals surface area contributed by atoms with E-state index in [1.54, 1.807) is 30.3 Å². The number of hydrogen-bond acceptors (Lipinski definition) is 5. The molecule has 0 bridgehead atoms. The highest BCUT2D eigenvalue weighted by atomic mass is 35.5. The highest BCUT2D eigenvalue weighted by Crippen LogP contribution is 2.34. The topological polar surface area (TPSA) is 84.9 Å². The van der Waals surface area contributed by atoms with Crippen molar-refractivity contribution in [1.29, 1.82) is 0 Å². The molecule has 1 N–H and O–H groups in total. The first kappa shape index (κ1) is 20.0. The number of piperidine rings is 1. The van der Waals surface area contributed by atoms with Crippen molar-refractivity contribution >= 4 is 33.2 Å². The second-order valence-electron chi connectivity index (χ2n) is 6.98. The van der Waals surface area contributed by atoms with Gasteiger partial charge in [-0.25, -0.2) is 8.42 Å². The Kier molecular flexibility index (Phi) is 5.67. The van der Waals surface area contributed by atoms with Crippen LogP contribution in [0.15, 0.2) is 47.4 Å². The maximum Gasteiger partial charge on any atom is 0.243 e. The van der Waals surface area contributed by atoms with Crippen LogP contribution in [0.25, 0.3) is 0 Å².